The summed E-state index contributed by atoms with van der Waals surface area (Å²) in [6, 6.07) is 8.45. The minimum Gasteiger partial charge on any atom is -0.362 e. The molecule has 1 heterocycles. The Hall–Kier alpha value is -1.78. The standard InChI is InChI=1S/C14H13Cl2N3O/c1-19(2)13-9(5-4-8-17-13)14(20)18-12-10(15)6-3-7-11(12)16/h3-8H,1-2H3,(H,18,20). The predicted molar refractivity (Wildman–Crippen MR) is 83.0 cm³/mol. The minimum absolute atomic E-state index is 0.309. The molecule has 0 spiro atoms. The fraction of sp³-hybridized carbons (Fsp3) is 0.143. The number of rotatable bonds is 3. The molecule has 2 rings (SSSR count). The van der Waals surface area contributed by atoms with Gasteiger partial charge in [-0.1, -0.05) is 29.3 Å². The second-order valence-corrected chi connectivity index (χ2v) is 5.13. The molecular weight excluding hydrogens is 297 g/mol. The van der Waals surface area contributed by atoms with Crippen LogP contribution in [0.4, 0.5) is 11.5 Å². The molecular formula is C14H13Cl2N3O. The molecule has 0 radical (unpaired) electrons. The summed E-state index contributed by atoms with van der Waals surface area (Å²) in [4.78, 5) is 18.3. The lowest BCUT2D eigenvalue weighted by Crippen LogP contribution is -2.19. The monoisotopic (exact) mass is 309 g/mol. The third-order valence-electron chi connectivity index (χ3n) is 2.66. The fourth-order valence-corrected chi connectivity index (χ4v) is 2.22. The molecule has 6 heteroatoms. The van der Waals surface area contributed by atoms with Gasteiger partial charge in [0.05, 0.1) is 21.3 Å². The Bertz CT molecular complexity index is 624. The lowest BCUT2D eigenvalue weighted by molar-refractivity contribution is 0.102. The van der Waals surface area contributed by atoms with Gasteiger partial charge in [-0.15, -0.1) is 0 Å². The van der Waals surface area contributed by atoms with E-state index in [1.807, 2.05) is 14.1 Å². The first-order chi connectivity index (χ1) is 9.50. The summed E-state index contributed by atoms with van der Waals surface area (Å²) in [6.45, 7) is 0. The average molecular weight is 310 g/mol. The normalized spacial score (nSPS) is 10.2. The van der Waals surface area contributed by atoms with Gasteiger partial charge in [0.15, 0.2) is 0 Å². The van der Waals surface area contributed by atoms with Gasteiger partial charge in [-0.25, -0.2) is 4.98 Å². The van der Waals surface area contributed by atoms with Crippen molar-refractivity contribution in [3.8, 4) is 0 Å². The minimum atomic E-state index is -0.309. The van der Waals surface area contributed by atoms with E-state index >= 15 is 0 Å². The van der Waals surface area contributed by atoms with Gasteiger partial charge in [0.25, 0.3) is 5.91 Å². The molecule has 0 saturated heterocycles. The lowest BCUT2D eigenvalue weighted by atomic mass is 10.2. The fourth-order valence-electron chi connectivity index (χ4n) is 1.73. The summed E-state index contributed by atoms with van der Waals surface area (Å²) >= 11 is 12.1. The van der Waals surface area contributed by atoms with Crippen molar-refractivity contribution in [2.24, 2.45) is 0 Å². The molecule has 0 aliphatic carbocycles. The second kappa shape index (κ2) is 6.11. The van der Waals surface area contributed by atoms with E-state index in [4.69, 9.17) is 23.2 Å². The number of halogens is 2. The lowest BCUT2D eigenvalue weighted by Gasteiger charge is -2.16. The van der Waals surface area contributed by atoms with Gasteiger partial charge < -0.3 is 10.2 Å². The number of amides is 1. The second-order valence-electron chi connectivity index (χ2n) is 4.32. The van der Waals surface area contributed by atoms with Crippen LogP contribution in [0.5, 0.6) is 0 Å². The summed E-state index contributed by atoms with van der Waals surface area (Å²) < 4.78 is 0. The van der Waals surface area contributed by atoms with Crippen molar-refractivity contribution in [2.75, 3.05) is 24.3 Å². The highest BCUT2D eigenvalue weighted by Gasteiger charge is 2.16. The van der Waals surface area contributed by atoms with Gasteiger partial charge in [-0.2, -0.15) is 0 Å². The van der Waals surface area contributed by atoms with Crippen molar-refractivity contribution in [3.05, 3.63) is 52.1 Å². The van der Waals surface area contributed by atoms with Gasteiger partial charge in [-0.3, -0.25) is 4.79 Å². The number of anilines is 2. The number of carbonyl (C=O) groups excluding carboxylic acids is 1. The largest absolute Gasteiger partial charge is 0.362 e. The van der Waals surface area contributed by atoms with Crippen LogP contribution >= 0.6 is 23.2 Å². The van der Waals surface area contributed by atoms with Crippen LogP contribution in [0.3, 0.4) is 0 Å². The zero-order valence-electron chi connectivity index (χ0n) is 11.0. The van der Waals surface area contributed by atoms with Crippen LogP contribution in [-0.4, -0.2) is 25.0 Å². The molecule has 0 aliphatic heterocycles. The Morgan fingerprint density at radius 1 is 1.15 bits per heavy atom. The average Bonchev–Trinajstić information content (AvgIpc) is 2.43. The molecule has 1 N–H and O–H groups in total. The van der Waals surface area contributed by atoms with Crippen LogP contribution in [0.1, 0.15) is 10.4 Å². The third-order valence-corrected chi connectivity index (χ3v) is 3.29. The molecule has 1 aromatic carbocycles. The zero-order chi connectivity index (χ0) is 14.7. The van der Waals surface area contributed by atoms with Crippen LogP contribution < -0.4 is 10.2 Å². The molecule has 104 valence electrons. The number of benzene rings is 1. The number of hydrogen-bond acceptors (Lipinski definition) is 3. The predicted octanol–water partition coefficient (Wildman–Crippen LogP) is 3.71. The summed E-state index contributed by atoms with van der Waals surface area (Å²) in [6.07, 6.45) is 1.63. The topological polar surface area (TPSA) is 45.2 Å². The van der Waals surface area contributed by atoms with E-state index in [0.29, 0.717) is 27.1 Å². The van der Waals surface area contributed by atoms with E-state index in [1.54, 1.807) is 41.4 Å². The summed E-state index contributed by atoms with van der Waals surface area (Å²) in [5.74, 6) is 0.268. The number of nitrogens with zero attached hydrogens (tertiary/aromatic N) is 2. The van der Waals surface area contributed by atoms with Crippen molar-refractivity contribution in [3.63, 3.8) is 0 Å². The Morgan fingerprint density at radius 3 is 2.40 bits per heavy atom. The highest BCUT2D eigenvalue weighted by molar-refractivity contribution is 6.40. The Morgan fingerprint density at radius 2 is 1.80 bits per heavy atom. The summed E-state index contributed by atoms with van der Waals surface area (Å²) in [5, 5.41) is 3.50. The van der Waals surface area contributed by atoms with Crippen molar-refractivity contribution in [2.45, 2.75) is 0 Å². The molecule has 1 amide bonds. The van der Waals surface area contributed by atoms with E-state index < -0.39 is 0 Å². The summed E-state index contributed by atoms with van der Waals surface area (Å²) in [7, 11) is 3.64. The molecule has 20 heavy (non-hydrogen) atoms. The van der Waals surface area contributed by atoms with Crippen LogP contribution in [0.25, 0.3) is 0 Å². The van der Waals surface area contributed by atoms with E-state index in [9.17, 15) is 4.79 Å². The van der Waals surface area contributed by atoms with Crippen molar-refractivity contribution >= 4 is 40.6 Å². The highest BCUT2D eigenvalue weighted by Crippen LogP contribution is 2.30. The van der Waals surface area contributed by atoms with Crippen molar-refractivity contribution in [1.82, 2.24) is 4.98 Å². The number of nitrogens with one attached hydrogen (secondary N) is 1. The van der Waals surface area contributed by atoms with E-state index in [1.165, 1.54) is 0 Å². The van der Waals surface area contributed by atoms with Gasteiger partial charge >= 0.3 is 0 Å². The number of pyridine rings is 1. The van der Waals surface area contributed by atoms with Crippen molar-refractivity contribution in [1.29, 1.82) is 0 Å². The molecule has 0 saturated carbocycles. The molecule has 0 atom stereocenters. The first-order valence-corrected chi connectivity index (χ1v) is 6.64. The van der Waals surface area contributed by atoms with Crippen LogP contribution in [0.2, 0.25) is 10.0 Å². The zero-order valence-corrected chi connectivity index (χ0v) is 12.5. The van der Waals surface area contributed by atoms with Gasteiger partial charge in [0, 0.05) is 20.3 Å². The number of hydrogen-bond donors (Lipinski definition) is 1. The van der Waals surface area contributed by atoms with E-state index in [2.05, 4.69) is 10.3 Å². The smallest absolute Gasteiger partial charge is 0.259 e. The first-order valence-electron chi connectivity index (χ1n) is 5.88. The molecule has 0 bridgehead atoms. The highest BCUT2D eigenvalue weighted by atomic mass is 35.5. The molecule has 0 unspecified atom stereocenters. The molecule has 4 nitrogen and oxygen atoms in total. The number of para-hydroxylation sites is 1. The SMILES string of the molecule is CN(C)c1ncccc1C(=O)Nc1c(Cl)cccc1Cl. The maximum absolute atomic E-state index is 12.3. The molecule has 0 fully saturated rings. The van der Waals surface area contributed by atoms with Crippen LogP contribution in [0.15, 0.2) is 36.5 Å². The Balaban J connectivity index is 2.34. The number of carbonyl (C=O) groups is 1. The Labute approximate surface area is 127 Å². The van der Waals surface area contributed by atoms with Crippen LogP contribution in [-0.2, 0) is 0 Å². The maximum atomic E-state index is 12.3. The molecule has 1 aromatic heterocycles. The first kappa shape index (κ1) is 14.6. The third kappa shape index (κ3) is 3.03. The summed E-state index contributed by atoms with van der Waals surface area (Å²) in [5.41, 5.74) is 0.850. The van der Waals surface area contributed by atoms with Gasteiger partial charge in [0.2, 0.25) is 0 Å². The van der Waals surface area contributed by atoms with Crippen molar-refractivity contribution < 1.29 is 4.79 Å². The quantitative estimate of drug-likeness (QED) is 0.940. The molecule has 2 aromatic rings. The maximum Gasteiger partial charge on any atom is 0.259 e. The molecule has 0 aliphatic rings. The Kier molecular flexibility index (Phi) is 4.47. The number of aromatic nitrogens is 1. The van der Waals surface area contributed by atoms with Gasteiger partial charge in [0.1, 0.15) is 5.82 Å². The van der Waals surface area contributed by atoms with Gasteiger partial charge in [-0.05, 0) is 24.3 Å². The van der Waals surface area contributed by atoms with Crippen LogP contribution in [0, 0.1) is 0 Å². The van der Waals surface area contributed by atoms with E-state index in [0.717, 1.165) is 0 Å². The van der Waals surface area contributed by atoms with E-state index in [-0.39, 0.29) is 5.91 Å².